The van der Waals surface area contributed by atoms with E-state index in [-0.39, 0.29) is 17.9 Å². The van der Waals surface area contributed by atoms with E-state index in [1.54, 1.807) is 0 Å². The van der Waals surface area contributed by atoms with Crippen molar-refractivity contribution in [2.75, 3.05) is 17.2 Å². The first-order valence-electron chi connectivity index (χ1n) is 5.93. The van der Waals surface area contributed by atoms with E-state index >= 15 is 0 Å². The highest BCUT2D eigenvalue weighted by Gasteiger charge is 2.42. The van der Waals surface area contributed by atoms with Gasteiger partial charge in [-0.25, -0.2) is 30.3 Å². The number of rotatable bonds is 3. The second kappa shape index (κ2) is 4.89. The molecule has 6 nitrogen and oxygen atoms in total. The maximum Gasteiger partial charge on any atom is 0.244 e. The van der Waals surface area contributed by atoms with Crippen LogP contribution in [0.1, 0.15) is 13.3 Å². The molecule has 1 aliphatic heterocycles. The fourth-order valence-corrected chi connectivity index (χ4v) is 5.94. The molecular weight excluding hydrogens is 326 g/mol. The molecule has 3 N–H and O–H groups in total. The molecule has 1 aromatic carbocycles. The average Bonchev–Trinajstić information content (AvgIpc) is 2.56. The average molecular weight is 340 g/mol. The summed E-state index contributed by atoms with van der Waals surface area (Å²) in [6, 6.07) is 1.04. The highest BCUT2D eigenvalue weighted by molar-refractivity contribution is 7.92. The molecule has 0 saturated carbocycles. The monoisotopic (exact) mass is 340 g/mol. The predicted molar refractivity (Wildman–Crippen MR) is 72.8 cm³/mol. The zero-order valence-electron chi connectivity index (χ0n) is 11.1. The summed E-state index contributed by atoms with van der Waals surface area (Å²) >= 11 is 0. The minimum absolute atomic E-state index is 0.0762. The van der Waals surface area contributed by atoms with Gasteiger partial charge in [0.05, 0.1) is 17.2 Å². The van der Waals surface area contributed by atoms with Gasteiger partial charge in [0.15, 0.2) is 9.84 Å². The molecule has 0 bridgehead atoms. The largest absolute Gasteiger partial charge is 0.396 e. The van der Waals surface area contributed by atoms with Crippen LogP contribution in [-0.2, 0) is 19.9 Å². The molecule has 1 aromatic rings. The first-order chi connectivity index (χ1) is 9.44. The molecule has 1 atom stereocenters. The molecule has 1 fully saturated rings. The molecule has 1 saturated heterocycles. The Morgan fingerprint density at radius 2 is 1.90 bits per heavy atom. The molecule has 1 aliphatic rings. The van der Waals surface area contributed by atoms with Crippen LogP contribution in [-0.4, -0.2) is 33.9 Å². The molecule has 0 aromatic heterocycles. The molecule has 0 radical (unpaired) electrons. The highest BCUT2D eigenvalue weighted by atomic mass is 32.2. The molecule has 0 amide bonds. The number of hydrogen-bond donors (Lipinski definition) is 2. The Hall–Kier alpha value is -1.26. The summed E-state index contributed by atoms with van der Waals surface area (Å²) in [6.45, 7) is 1.42. The van der Waals surface area contributed by atoms with Crippen molar-refractivity contribution in [3.63, 3.8) is 0 Å². The second-order valence-electron chi connectivity index (χ2n) is 5.31. The van der Waals surface area contributed by atoms with Crippen LogP contribution in [0, 0.1) is 11.6 Å². The van der Waals surface area contributed by atoms with Crippen molar-refractivity contribution < 1.29 is 25.6 Å². The smallest absolute Gasteiger partial charge is 0.244 e. The van der Waals surface area contributed by atoms with Crippen molar-refractivity contribution >= 4 is 25.5 Å². The lowest BCUT2D eigenvalue weighted by Gasteiger charge is -2.23. The number of nitrogens with one attached hydrogen (secondary N) is 1. The van der Waals surface area contributed by atoms with E-state index in [0.717, 1.165) is 0 Å². The van der Waals surface area contributed by atoms with Crippen LogP contribution in [0.5, 0.6) is 0 Å². The molecule has 1 unspecified atom stereocenters. The van der Waals surface area contributed by atoms with E-state index in [1.807, 2.05) is 0 Å². The minimum Gasteiger partial charge on any atom is -0.396 e. The van der Waals surface area contributed by atoms with Gasteiger partial charge < -0.3 is 5.73 Å². The van der Waals surface area contributed by atoms with E-state index in [1.165, 1.54) is 6.92 Å². The molecular formula is C11H14F2N2O4S2. The van der Waals surface area contributed by atoms with Crippen LogP contribution in [0.2, 0.25) is 0 Å². The van der Waals surface area contributed by atoms with E-state index in [0.29, 0.717) is 12.1 Å². The maximum absolute atomic E-state index is 13.6. The summed E-state index contributed by atoms with van der Waals surface area (Å²) in [7, 11) is -7.70. The van der Waals surface area contributed by atoms with Gasteiger partial charge >= 0.3 is 0 Å². The summed E-state index contributed by atoms with van der Waals surface area (Å²) in [6.07, 6.45) is 0.0762. The fourth-order valence-electron chi connectivity index (χ4n) is 2.22. The Labute approximate surface area is 121 Å². The number of nitrogens with two attached hydrogens (primary N) is 1. The highest BCUT2D eigenvalue weighted by Crippen LogP contribution is 2.27. The van der Waals surface area contributed by atoms with Crippen LogP contribution < -0.4 is 10.5 Å². The van der Waals surface area contributed by atoms with Gasteiger partial charge in [0.1, 0.15) is 16.5 Å². The van der Waals surface area contributed by atoms with Crippen molar-refractivity contribution in [2.24, 2.45) is 0 Å². The Morgan fingerprint density at radius 3 is 2.43 bits per heavy atom. The predicted octanol–water partition coefficient (Wildman–Crippen LogP) is 0.403. The number of sulfonamides is 1. The molecule has 2 rings (SSSR count). The first kappa shape index (κ1) is 16.1. The summed E-state index contributed by atoms with van der Waals surface area (Å²) in [5.74, 6) is -2.89. The lowest BCUT2D eigenvalue weighted by atomic mass is 10.0. The standard InChI is InChI=1S/C11H14F2N2O4S2/c1-11(2-3-20(16,17)6-11)15-21(18,19)10-5-9(14)7(12)4-8(10)13/h4-5,15H,2-3,6,14H2,1H3. The Kier molecular flexibility index (Phi) is 3.75. The van der Waals surface area contributed by atoms with Gasteiger partial charge in [-0.3, -0.25) is 0 Å². The Bertz CT molecular complexity index is 793. The van der Waals surface area contributed by atoms with Gasteiger partial charge in [-0.1, -0.05) is 0 Å². The van der Waals surface area contributed by atoms with Gasteiger partial charge in [0, 0.05) is 11.6 Å². The number of sulfone groups is 1. The van der Waals surface area contributed by atoms with Crippen molar-refractivity contribution in [2.45, 2.75) is 23.8 Å². The quantitative estimate of drug-likeness (QED) is 0.775. The third-order valence-electron chi connectivity index (χ3n) is 3.22. The van der Waals surface area contributed by atoms with Gasteiger partial charge in [-0.2, -0.15) is 0 Å². The molecule has 0 aliphatic carbocycles. The van der Waals surface area contributed by atoms with Crippen LogP contribution in [0.15, 0.2) is 17.0 Å². The van der Waals surface area contributed by atoms with Gasteiger partial charge in [-0.15, -0.1) is 0 Å². The van der Waals surface area contributed by atoms with Crippen LogP contribution in [0.3, 0.4) is 0 Å². The van der Waals surface area contributed by atoms with E-state index in [4.69, 9.17) is 5.73 Å². The maximum atomic E-state index is 13.6. The molecule has 1 heterocycles. The number of hydrogen-bond acceptors (Lipinski definition) is 5. The summed E-state index contributed by atoms with van der Waals surface area (Å²) in [5.41, 5.74) is 3.50. The van der Waals surface area contributed by atoms with Crippen molar-refractivity contribution in [1.29, 1.82) is 0 Å². The van der Waals surface area contributed by atoms with Crippen molar-refractivity contribution in [3.05, 3.63) is 23.8 Å². The third-order valence-corrected chi connectivity index (χ3v) is 6.78. The van der Waals surface area contributed by atoms with E-state index in [2.05, 4.69) is 4.72 Å². The molecule has 10 heteroatoms. The Morgan fingerprint density at radius 1 is 1.29 bits per heavy atom. The van der Waals surface area contributed by atoms with Gasteiger partial charge in [0.2, 0.25) is 10.0 Å². The summed E-state index contributed by atoms with van der Waals surface area (Å²) in [5, 5.41) is 0. The lowest BCUT2D eigenvalue weighted by molar-refractivity contribution is 0.458. The van der Waals surface area contributed by atoms with Crippen molar-refractivity contribution in [1.82, 2.24) is 4.72 Å². The van der Waals surface area contributed by atoms with Gasteiger partial charge in [-0.05, 0) is 19.4 Å². The topological polar surface area (TPSA) is 106 Å². The second-order valence-corrected chi connectivity index (χ2v) is 9.15. The summed E-state index contributed by atoms with van der Waals surface area (Å²) in [4.78, 5) is -0.813. The van der Waals surface area contributed by atoms with Crippen LogP contribution >= 0.6 is 0 Å². The summed E-state index contributed by atoms with van der Waals surface area (Å²) < 4.78 is 76.1. The number of nitrogen functional groups attached to an aromatic ring is 1. The van der Waals surface area contributed by atoms with E-state index < -0.39 is 47.6 Å². The zero-order chi connectivity index (χ0) is 16.1. The van der Waals surface area contributed by atoms with Crippen LogP contribution in [0.4, 0.5) is 14.5 Å². The first-order valence-corrected chi connectivity index (χ1v) is 9.24. The number of benzene rings is 1. The third kappa shape index (κ3) is 3.33. The molecule has 0 spiro atoms. The Balaban J connectivity index is 2.38. The normalized spacial score (nSPS) is 25.1. The van der Waals surface area contributed by atoms with Crippen molar-refractivity contribution in [3.8, 4) is 0 Å². The van der Waals surface area contributed by atoms with Gasteiger partial charge in [0.25, 0.3) is 0 Å². The fraction of sp³-hybridized carbons (Fsp3) is 0.455. The lowest BCUT2D eigenvalue weighted by Crippen LogP contribution is -2.47. The van der Waals surface area contributed by atoms with Crippen LogP contribution in [0.25, 0.3) is 0 Å². The SMILES string of the molecule is CC1(NS(=O)(=O)c2cc(N)c(F)cc2F)CCS(=O)(=O)C1. The zero-order valence-corrected chi connectivity index (χ0v) is 12.7. The van der Waals surface area contributed by atoms with E-state index in [9.17, 15) is 25.6 Å². The number of halogens is 2. The molecule has 21 heavy (non-hydrogen) atoms. The number of anilines is 1. The molecule has 118 valence electrons. The minimum atomic E-state index is -4.36.